The number of carbonyl (C=O) groups excluding carboxylic acids is 1. The molecule has 0 atom stereocenters. The van der Waals surface area contributed by atoms with Crippen molar-refractivity contribution < 1.29 is 4.79 Å². The second-order valence-electron chi connectivity index (χ2n) is 5.18. The highest BCUT2D eigenvalue weighted by Gasteiger charge is 2.21. The lowest BCUT2D eigenvalue weighted by molar-refractivity contribution is 0.0658. The second kappa shape index (κ2) is 5.97. The number of likely N-dealkylation sites (N-methyl/N-ethyl adjacent to an activating group) is 1. The molecule has 1 aromatic rings. The molecule has 19 heavy (non-hydrogen) atoms. The molecule has 0 aromatic carbocycles. The summed E-state index contributed by atoms with van der Waals surface area (Å²) in [7, 11) is 2.06. The third kappa shape index (κ3) is 3.64. The predicted octanol–water partition coefficient (Wildman–Crippen LogP) is 0.684. The van der Waals surface area contributed by atoms with Gasteiger partial charge in [-0.25, -0.2) is 9.97 Å². The van der Waals surface area contributed by atoms with Crippen LogP contribution in [0.15, 0.2) is 12.4 Å². The quantitative estimate of drug-likeness (QED) is 0.869. The molecule has 0 aliphatic carbocycles. The molecule has 1 amide bonds. The van der Waals surface area contributed by atoms with Crippen molar-refractivity contribution in [2.24, 2.45) is 0 Å². The van der Waals surface area contributed by atoms with Gasteiger partial charge in [0.2, 0.25) is 0 Å². The van der Waals surface area contributed by atoms with Crippen molar-refractivity contribution in [3.63, 3.8) is 0 Å². The number of rotatable bonds is 3. The van der Waals surface area contributed by atoms with Gasteiger partial charge < -0.3 is 15.1 Å². The Balaban J connectivity index is 1.99. The number of hydrogen-bond donors (Lipinski definition) is 1. The van der Waals surface area contributed by atoms with Crippen LogP contribution < -0.4 is 5.32 Å². The zero-order valence-electron chi connectivity index (χ0n) is 11.8. The largest absolute Gasteiger partial charge is 0.367 e. The van der Waals surface area contributed by atoms with Crippen molar-refractivity contribution in [2.45, 2.75) is 19.9 Å². The molecular weight excluding hydrogens is 242 g/mol. The highest BCUT2D eigenvalue weighted by molar-refractivity contribution is 5.92. The third-order valence-electron chi connectivity index (χ3n) is 3.10. The first-order chi connectivity index (χ1) is 9.06. The number of hydrogen-bond acceptors (Lipinski definition) is 5. The van der Waals surface area contributed by atoms with Crippen LogP contribution in [-0.4, -0.2) is 64.9 Å². The monoisotopic (exact) mass is 263 g/mol. The topological polar surface area (TPSA) is 61.4 Å². The minimum atomic E-state index is -0.0308. The van der Waals surface area contributed by atoms with E-state index in [2.05, 4.69) is 27.2 Å². The Kier molecular flexibility index (Phi) is 4.31. The maximum atomic E-state index is 12.2. The Morgan fingerprint density at radius 1 is 1.21 bits per heavy atom. The lowest BCUT2D eigenvalue weighted by atomic mass is 10.3. The maximum Gasteiger partial charge on any atom is 0.274 e. The highest BCUT2D eigenvalue weighted by atomic mass is 16.2. The van der Waals surface area contributed by atoms with Crippen LogP contribution in [0.3, 0.4) is 0 Å². The van der Waals surface area contributed by atoms with Crippen LogP contribution in [-0.2, 0) is 0 Å². The Hall–Kier alpha value is -1.69. The molecule has 1 aliphatic heterocycles. The molecule has 1 aromatic heterocycles. The van der Waals surface area contributed by atoms with Crippen molar-refractivity contribution in [2.75, 3.05) is 38.5 Å². The van der Waals surface area contributed by atoms with Gasteiger partial charge in [0.05, 0.1) is 12.4 Å². The second-order valence-corrected chi connectivity index (χ2v) is 5.18. The first-order valence-corrected chi connectivity index (χ1v) is 6.62. The van der Waals surface area contributed by atoms with E-state index in [9.17, 15) is 4.79 Å². The number of anilines is 1. The van der Waals surface area contributed by atoms with Crippen LogP contribution in [0.25, 0.3) is 0 Å². The number of piperazine rings is 1. The minimum absolute atomic E-state index is 0.0308. The van der Waals surface area contributed by atoms with Crippen molar-refractivity contribution in [1.82, 2.24) is 19.8 Å². The van der Waals surface area contributed by atoms with E-state index in [0.717, 1.165) is 26.2 Å². The normalized spacial score (nSPS) is 16.7. The molecule has 0 radical (unpaired) electrons. The summed E-state index contributed by atoms with van der Waals surface area (Å²) in [6.45, 7) is 7.39. The molecule has 104 valence electrons. The Labute approximate surface area is 113 Å². The van der Waals surface area contributed by atoms with Gasteiger partial charge in [0.15, 0.2) is 0 Å². The first-order valence-electron chi connectivity index (χ1n) is 6.62. The van der Waals surface area contributed by atoms with E-state index in [1.54, 1.807) is 12.4 Å². The van der Waals surface area contributed by atoms with E-state index >= 15 is 0 Å². The van der Waals surface area contributed by atoms with E-state index < -0.39 is 0 Å². The summed E-state index contributed by atoms with van der Waals surface area (Å²) in [5.74, 6) is 0.668. The summed E-state index contributed by atoms with van der Waals surface area (Å²) in [5, 5.41) is 3.15. The van der Waals surface area contributed by atoms with Crippen LogP contribution in [0.2, 0.25) is 0 Å². The van der Waals surface area contributed by atoms with Crippen molar-refractivity contribution >= 4 is 11.7 Å². The predicted molar refractivity (Wildman–Crippen MR) is 74.2 cm³/mol. The van der Waals surface area contributed by atoms with Gasteiger partial charge in [0.1, 0.15) is 11.5 Å². The minimum Gasteiger partial charge on any atom is -0.367 e. The molecule has 0 unspecified atom stereocenters. The van der Waals surface area contributed by atoms with E-state index in [1.165, 1.54) is 0 Å². The van der Waals surface area contributed by atoms with Gasteiger partial charge in [-0.05, 0) is 20.9 Å². The van der Waals surface area contributed by atoms with Crippen molar-refractivity contribution in [1.29, 1.82) is 0 Å². The molecule has 0 spiro atoms. The molecule has 1 fully saturated rings. The van der Waals surface area contributed by atoms with Crippen molar-refractivity contribution in [3.8, 4) is 0 Å². The van der Waals surface area contributed by atoms with Crippen molar-refractivity contribution in [3.05, 3.63) is 18.1 Å². The summed E-state index contributed by atoms with van der Waals surface area (Å²) in [6.07, 6.45) is 3.16. The fourth-order valence-electron chi connectivity index (χ4n) is 1.98. The van der Waals surface area contributed by atoms with Crippen LogP contribution in [0, 0.1) is 0 Å². The molecule has 6 heteroatoms. The number of amides is 1. The van der Waals surface area contributed by atoms with E-state index in [-0.39, 0.29) is 5.91 Å². The lowest BCUT2D eigenvalue weighted by Gasteiger charge is -2.32. The van der Waals surface area contributed by atoms with Gasteiger partial charge in [-0.3, -0.25) is 4.79 Å². The molecule has 1 saturated heterocycles. The summed E-state index contributed by atoms with van der Waals surface area (Å²) in [6, 6.07) is 0.300. The molecule has 1 N–H and O–H groups in total. The average Bonchev–Trinajstić information content (AvgIpc) is 2.39. The fraction of sp³-hybridized carbons (Fsp3) is 0.615. The Morgan fingerprint density at radius 3 is 2.42 bits per heavy atom. The molecule has 1 aliphatic rings. The third-order valence-corrected chi connectivity index (χ3v) is 3.10. The van der Waals surface area contributed by atoms with Gasteiger partial charge >= 0.3 is 0 Å². The van der Waals surface area contributed by atoms with Gasteiger partial charge in [0, 0.05) is 32.2 Å². The smallest absolute Gasteiger partial charge is 0.274 e. The summed E-state index contributed by atoms with van der Waals surface area (Å²) >= 11 is 0. The number of carbonyl (C=O) groups is 1. The zero-order chi connectivity index (χ0) is 13.8. The highest BCUT2D eigenvalue weighted by Crippen LogP contribution is 2.07. The number of nitrogens with zero attached hydrogens (tertiary/aromatic N) is 4. The molecule has 2 heterocycles. The van der Waals surface area contributed by atoms with E-state index in [1.807, 2.05) is 18.7 Å². The van der Waals surface area contributed by atoms with Crippen LogP contribution in [0.4, 0.5) is 5.82 Å². The molecule has 0 bridgehead atoms. The standard InChI is InChI=1S/C13H21N5O/c1-10(2)16-12-9-14-11(8-15-12)13(19)18-6-4-17(3)5-7-18/h8-10H,4-7H2,1-3H3,(H,15,16). The molecule has 6 nitrogen and oxygen atoms in total. The van der Waals surface area contributed by atoms with E-state index in [0.29, 0.717) is 17.6 Å². The van der Waals surface area contributed by atoms with Gasteiger partial charge in [-0.2, -0.15) is 0 Å². The fourth-order valence-corrected chi connectivity index (χ4v) is 1.98. The van der Waals surface area contributed by atoms with Gasteiger partial charge in [-0.1, -0.05) is 0 Å². The van der Waals surface area contributed by atoms with Gasteiger partial charge in [-0.15, -0.1) is 0 Å². The van der Waals surface area contributed by atoms with Gasteiger partial charge in [0.25, 0.3) is 5.91 Å². The summed E-state index contributed by atoms with van der Waals surface area (Å²) in [4.78, 5) is 24.7. The lowest BCUT2D eigenvalue weighted by Crippen LogP contribution is -2.47. The van der Waals surface area contributed by atoms with Crippen LogP contribution in [0.5, 0.6) is 0 Å². The SMILES string of the molecule is CC(C)Nc1cnc(C(=O)N2CCN(C)CC2)cn1. The van der Waals surface area contributed by atoms with Crippen LogP contribution >= 0.6 is 0 Å². The Bertz CT molecular complexity index is 423. The maximum absolute atomic E-state index is 12.2. The molecule has 2 rings (SSSR count). The number of aromatic nitrogens is 2. The molecule has 0 saturated carbocycles. The zero-order valence-corrected chi connectivity index (χ0v) is 11.8. The Morgan fingerprint density at radius 2 is 1.89 bits per heavy atom. The first kappa shape index (κ1) is 13.7. The van der Waals surface area contributed by atoms with Crippen LogP contribution in [0.1, 0.15) is 24.3 Å². The number of nitrogens with one attached hydrogen (secondary N) is 1. The summed E-state index contributed by atoms with van der Waals surface area (Å²) < 4.78 is 0. The average molecular weight is 263 g/mol. The summed E-state index contributed by atoms with van der Waals surface area (Å²) in [5.41, 5.74) is 0.416. The van der Waals surface area contributed by atoms with E-state index in [4.69, 9.17) is 0 Å². The molecular formula is C13H21N5O.